The maximum absolute atomic E-state index is 13.9. The van der Waals surface area contributed by atoms with Crippen LogP contribution in [-0.4, -0.2) is 51.8 Å². The molecule has 1 fully saturated rings. The molecule has 2 aromatic carbocycles. The number of ketones is 2. The number of phenols is 2. The number of aromatic carboxylic acids is 1. The standard InChI is InChI=1S/C31H25NO9/c1-13-9-22(34)21-12-20-16(25(27(21)28(13)36)18-6-4-15(33)11-24(18)41-2)7-8-19-26(20)30(38)32(29(19)37)14-3-5-17(31(39)40)23(35)10-14/h3-7,9-11,19-20,25-26,33,35H,8,12H2,1-2H3,(H,39,40)/t19-,20+,25+,26-/m0/s1. The summed E-state index contributed by atoms with van der Waals surface area (Å²) in [5, 5.41) is 29.6. The Labute approximate surface area is 233 Å². The summed E-state index contributed by atoms with van der Waals surface area (Å²) in [6, 6.07) is 8.02. The number of nitrogens with zero attached hydrogens (tertiary/aromatic N) is 1. The van der Waals surface area contributed by atoms with E-state index in [1.165, 1.54) is 31.4 Å². The highest BCUT2D eigenvalue weighted by atomic mass is 16.5. The molecule has 0 bridgehead atoms. The minimum atomic E-state index is -1.35. The minimum Gasteiger partial charge on any atom is -0.508 e. The number of carbonyl (C=O) groups is 5. The Kier molecular flexibility index (Phi) is 5.95. The van der Waals surface area contributed by atoms with Crippen LogP contribution in [-0.2, 0) is 19.2 Å². The third-order valence-electron chi connectivity index (χ3n) is 8.56. The van der Waals surface area contributed by atoms with Gasteiger partial charge < -0.3 is 20.1 Å². The molecule has 3 aliphatic carbocycles. The summed E-state index contributed by atoms with van der Waals surface area (Å²) in [4.78, 5) is 66.6. The van der Waals surface area contributed by atoms with Gasteiger partial charge in [-0.1, -0.05) is 17.7 Å². The fourth-order valence-electron chi connectivity index (χ4n) is 6.75. The Morgan fingerprint density at radius 1 is 1.00 bits per heavy atom. The van der Waals surface area contributed by atoms with Gasteiger partial charge in [0.15, 0.2) is 11.6 Å². The van der Waals surface area contributed by atoms with Crippen molar-refractivity contribution >= 4 is 35.0 Å². The second-order valence-corrected chi connectivity index (χ2v) is 10.7. The first-order chi connectivity index (χ1) is 19.5. The number of anilines is 1. The smallest absolute Gasteiger partial charge is 0.339 e. The number of methoxy groups -OCH3 is 1. The lowest BCUT2D eigenvalue weighted by atomic mass is 9.59. The van der Waals surface area contributed by atoms with Gasteiger partial charge in [-0.3, -0.25) is 19.2 Å². The molecule has 1 saturated heterocycles. The number of imide groups is 1. The summed E-state index contributed by atoms with van der Waals surface area (Å²) in [5.74, 6) is -6.22. The second-order valence-electron chi connectivity index (χ2n) is 10.7. The molecule has 4 aliphatic rings. The van der Waals surface area contributed by atoms with Crippen molar-refractivity contribution in [1.82, 2.24) is 0 Å². The Morgan fingerprint density at radius 3 is 2.44 bits per heavy atom. The van der Waals surface area contributed by atoms with Gasteiger partial charge in [-0.15, -0.1) is 0 Å². The van der Waals surface area contributed by atoms with E-state index < -0.39 is 47.2 Å². The van der Waals surface area contributed by atoms with Gasteiger partial charge in [-0.25, -0.2) is 9.69 Å². The van der Waals surface area contributed by atoms with Gasteiger partial charge in [0.1, 0.15) is 22.8 Å². The van der Waals surface area contributed by atoms with E-state index in [0.717, 1.165) is 22.6 Å². The summed E-state index contributed by atoms with van der Waals surface area (Å²) in [5.41, 5.74) is 1.84. The maximum Gasteiger partial charge on any atom is 0.339 e. The van der Waals surface area contributed by atoms with Gasteiger partial charge in [-0.05, 0) is 50.0 Å². The Hall–Kier alpha value is -4.99. The molecule has 0 radical (unpaired) electrons. The van der Waals surface area contributed by atoms with Crippen molar-refractivity contribution < 1.29 is 44.0 Å². The summed E-state index contributed by atoms with van der Waals surface area (Å²) in [6.07, 6.45) is 3.44. The normalized spacial score (nSPS) is 25.4. The molecule has 2 aromatic rings. The number of benzene rings is 2. The van der Waals surface area contributed by atoms with Crippen LogP contribution in [0, 0.1) is 17.8 Å². The first-order valence-electron chi connectivity index (χ1n) is 13.0. The lowest BCUT2D eigenvalue weighted by molar-refractivity contribution is -0.123. The van der Waals surface area contributed by atoms with Gasteiger partial charge in [0.2, 0.25) is 11.8 Å². The van der Waals surface area contributed by atoms with Crippen LogP contribution < -0.4 is 9.64 Å². The zero-order valence-electron chi connectivity index (χ0n) is 22.1. The average Bonchev–Trinajstić information content (AvgIpc) is 3.20. The van der Waals surface area contributed by atoms with Crippen LogP contribution in [0.1, 0.15) is 41.6 Å². The molecule has 2 amide bonds. The topological polar surface area (TPSA) is 159 Å². The third-order valence-corrected chi connectivity index (χ3v) is 8.56. The predicted octanol–water partition coefficient (Wildman–Crippen LogP) is 3.44. The van der Waals surface area contributed by atoms with Gasteiger partial charge in [0.25, 0.3) is 0 Å². The van der Waals surface area contributed by atoms with E-state index in [4.69, 9.17) is 4.74 Å². The van der Waals surface area contributed by atoms with Crippen molar-refractivity contribution in [1.29, 1.82) is 0 Å². The largest absolute Gasteiger partial charge is 0.508 e. The molecular formula is C31H25NO9. The molecule has 10 heteroatoms. The van der Waals surface area contributed by atoms with Crippen LogP contribution in [0.4, 0.5) is 5.69 Å². The van der Waals surface area contributed by atoms with Crippen molar-refractivity contribution in [3.05, 3.63) is 82.0 Å². The Balaban J connectivity index is 1.48. The minimum absolute atomic E-state index is 0.0450. The van der Waals surface area contributed by atoms with E-state index in [1.807, 2.05) is 6.08 Å². The van der Waals surface area contributed by atoms with Gasteiger partial charge in [0.05, 0.1) is 24.6 Å². The fraction of sp³-hybridized carbons (Fsp3) is 0.258. The fourth-order valence-corrected chi connectivity index (χ4v) is 6.75. The van der Waals surface area contributed by atoms with E-state index >= 15 is 0 Å². The highest BCUT2D eigenvalue weighted by Crippen LogP contribution is 2.56. The van der Waals surface area contributed by atoms with Crippen LogP contribution in [0.25, 0.3) is 0 Å². The van der Waals surface area contributed by atoms with Crippen LogP contribution in [0.3, 0.4) is 0 Å². The molecule has 0 spiro atoms. The number of carboxylic acids is 1. The molecule has 10 nitrogen and oxygen atoms in total. The Bertz CT molecular complexity index is 1690. The summed E-state index contributed by atoms with van der Waals surface area (Å²) in [7, 11) is 1.43. The number of Topliss-reactive ketones (excluding diaryl/α,β-unsaturated/α-hetero) is 1. The van der Waals surface area contributed by atoms with Crippen molar-refractivity contribution in [2.45, 2.75) is 25.7 Å². The number of amides is 2. The number of ether oxygens (including phenoxy) is 1. The van der Waals surface area contributed by atoms with E-state index in [2.05, 4.69) is 0 Å². The van der Waals surface area contributed by atoms with Crippen molar-refractivity contribution in [3.8, 4) is 17.2 Å². The first kappa shape index (κ1) is 26.2. The number of rotatable bonds is 4. The number of hydrogen-bond donors (Lipinski definition) is 3. The first-order valence-corrected chi connectivity index (χ1v) is 13.0. The van der Waals surface area contributed by atoms with Crippen molar-refractivity contribution in [2.24, 2.45) is 17.8 Å². The monoisotopic (exact) mass is 555 g/mol. The summed E-state index contributed by atoms with van der Waals surface area (Å²) >= 11 is 0. The molecular weight excluding hydrogens is 530 g/mol. The molecule has 6 rings (SSSR count). The number of hydrogen-bond acceptors (Lipinski definition) is 8. The maximum atomic E-state index is 13.9. The van der Waals surface area contributed by atoms with Crippen LogP contribution >= 0.6 is 0 Å². The van der Waals surface area contributed by atoms with Gasteiger partial charge in [0, 0.05) is 40.3 Å². The van der Waals surface area contributed by atoms with Gasteiger partial charge in [-0.2, -0.15) is 0 Å². The molecule has 208 valence electrons. The van der Waals surface area contributed by atoms with Crippen LogP contribution in [0.5, 0.6) is 17.2 Å². The molecule has 1 aliphatic heterocycles. The summed E-state index contributed by atoms with van der Waals surface area (Å²) < 4.78 is 5.55. The molecule has 0 saturated carbocycles. The lowest BCUT2D eigenvalue weighted by Gasteiger charge is -2.42. The number of phenolic OH excluding ortho intramolecular Hbond substituents is 1. The van der Waals surface area contributed by atoms with Crippen LogP contribution in [0.15, 0.2) is 70.8 Å². The number of carboxylic acid groups (broad SMARTS) is 1. The predicted molar refractivity (Wildman–Crippen MR) is 144 cm³/mol. The summed E-state index contributed by atoms with van der Waals surface area (Å²) in [6.45, 7) is 1.58. The quantitative estimate of drug-likeness (QED) is 0.292. The van der Waals surface area contributed by atoms with Gasteiger partial charge >= 0.3 is 5.97 Å². The zero-order valence-corrected chi connectivity index (χ0v) is 22.1. The third kappa shape index (κ3) is 3.81. The molecule has 4 atom stereocenters. The van der Waals surface area contributed by atoms with Crippen LogP contribution in [0.2, 0.25) is 0 Å². The average molecular weight is 556 g/mol. The zero-order chi connectivity index (χ0) is 29.3. The molecule has 41 heavy (non-hydrogen) atoms. The Morgan fingerprint density at radius 2 is 1.76 bits per heavy atom. The van der Waals surface area contributed by atoms with Crippen molar-refractivity contribution in [2.75, 3.05) is 12.0 Å². The SMILES string of the molecule is COc1cc(O)ccc1[C@H]1C2=CC[C@@H]3C(=O)N(c4ccc(C(=O)O)c(O)c4)C(=O)[C@@H]3[C@@H]2CC2=C1C(=O)C(C)=CC2=O. The van der Waals surface area contributed by atoms with E-state index in [1.54, 1.807) is 13.0 Å². The number of aromatic hydroxyl groups is 2. The molecule has 3 N–H and O–H groups in total. The number of allylic oxidation sites excluding steroid dienone is 6. The number of carbonyl (C=O) groups excluding carboxylic acids is 4. The van der Waals surface area contributed by atoms with E-state index in [-0.39, 0.29) is 47.0 Å². The molecule has 0 aromatic heterocycles. The highest BCUT2D eigenvalue weighted by molar-refractivity contribution is 6.25. The highest BCUT2D eigenvalue weighted by Gasteiger charge is 2.57. The van der Waals surface area contributed by atoms with Crippen molar-refractivity contribution in [3.63, 3.8) is 0 Å². The second kappa shape index (κ2) is 9.29. The number of fused-ring (bicyclic) bond motifs is 3. The van der Waals surface area contributed by atoms with E-state index in [9.17, 15) is 39.3 Å². The lowest BCUT2D eigenvalue weighted by Crippen LogP contribution is -2.40. The molecule has 1 heterocycles. The molecule has 0 unspecified atom stereocenters. The van der Waals surface area contributed by atoms with E-state index in [0.29, 0.717) is 22.5 Å².